The largest absolute Gasteiger partial charge is 0.338 e. The zero-order valence-corrected chi connectivity index (χ0v) is 14.5. The van der Waals surface area contributed by atoms with Gasteiger partial charge in [-0.2, -0.15) is 5.10 Å². The monoisotopic (exact) mass is 329 g/mol. The Hall–Kier alpha value is -3.21. The normalized spacial score (nSPS) is 11.0. The number of aryl methyl sites for hydroxylation is 3. The number of hydrogen-bond donors (Lipinski definition) is 1. The van der Waals surface area contributed by atoms with E-state index in [1.807, 2.05) is 54.9 Å². The van der Waals surface area contributed by atoms with Gasteiger partial charge in [0.2, 0.25) is 0 Å². The van der Waals surface area contributed by atoms with Crippen molar-refractivity contribution >= 4 is 22.3 Å². The van der Waals surface area contributed by atoms with Crippen molar-refractivity contribution in [3.63, 3.8) is 0 Å². The number of aromatic nitrogens is 4. The third-order valence-corrected chi connectivity index (χ3v) is 4.28. The van der Waals surface area contributed by atoms with Crippen LogP contribution in [-0.2, 0) is 0 Å². The fraction of sp³-hybridized carbons (Fsp3) is 0.150. The molecule has 0 aliphatic heterocycles. The van der Waals surface area contributed by atoms with Gasteiger partial charge >= 0.3 is 0 Å². The molecule has 2 aromatic heterocycles. The Bertz CT molecular complexity index is 1060. The molecule has 25 heavy (non-hydrogen) atoms. The smallest absolute Gasteiger partial charge is 0.183 e. The van der Waals surface area contributed by atoms with Crippen LogP contribution in [0.15, 0.2) is 54.6 Å². The lowest BCUT2D eigenvalue weighted by atomic mass is 10.1. The van der Waals surface area contributed by atoms with Gasteiger partial charge < -0.3 is 5.32 Å². The van der Waals surface area contributed by atoms with Crippen LogP contribution in [0.2, 0.25) is 0 Å². The third kappa shape index (κ3) is 2.74. The molecule has 4 rings (SSSR count). The van der Waals surface area contributed by atoms with Crippen molar-refractivity contribution in [1.82, 2.24) is 20.0 Å². The summed E-state index contributed by atoms with van der Waals surface area (Å²) in [5, 5.41) is 18.9. The quantitative estimate of drug-likeness (QED) is 0.602. The first-order valence-electron chi connectivity index (χ1n) is 8.25. The second-order valence-corrected chi connectivity index (χ2v) is 6.20. The molecule has 0 aliphatic carbocycles. The highest BCUT2D eigenvalue weighted by Crippen LogP contribution is 2.28. The summed E-state index contributed by atoms with van der Waals surface area (Å²) < 4.78 is 1.85. The Morgan fingerprint density at radius 1 is 0.840 bits per heavy atom. The van der Waals surface area contributed by atoms with Gasteiger partial charge in [-0.3, -0.25) is 0 Å². The van der Waals surface area contributed by atoms with E-state index in [1.54, 1.807) is 0 Å². The van der Waals surface area contributed by atoms with Gasteiger partial charge in [0.1, 0.15) is 0 Å². The molecule has 4 aromatic rings. The predicted octanol–water partition coefficient (Wildman–Crippen LogP) is 4.48. The van der Waals surface area contributed by atoms with E-state index in [0.717, 1.165) is 45.0 Å². The minimum Gasteiger partial charge on any atom is -0.338 e. The molecule has 0 atom stereocenters. The van der Waals surface area contributed by atoms with Gasteiger partial charge in [0, 0.05) is 22.2 Å². The summed E-state index contributed by atoms with van der Waals surface area (Å²) in [6.45, 7) is 6.07. The number of anilines is 2. The van der Waals surface area contributed by atoms with E-state index in [9.17, 15) is 0 Å². The van der Waals surface area contributed by atoms with E-state index in [1.165, 1.54) is 0 Å². The second-order valence-electron chi connectivity index (χ2n) is 6.20. The molecule has 0 aliphatic rings. The summed E-state index contributed by atoms with van der Waals surface area (Å²) in [4.78, 5) is 0. The van der Waals surface area contributed by atoms with Gasteiger partial charge in [0.25, 0.3) is 0 Å². The summed E-state index contributed by atoms with van der Waals surface area (Å²) in [6, 6.07) is 18.3. The van der Waals surface area contributed by atoms with Gasteiger partial charge in [-0.05, 0) is 38.5 Å². The summed E-state index contributed by atoms with van der Waals surface area (Å²) in [7, 11) is 0. The standard InChI is InChI=1S/C20H19N5/c1-13-8-4-7-11-18(13)21-19-16-9-5-6-10-17(16)20(23-22-19)25-15(3)12-14(2)24-25/h4-12H,1-3H3,(H,21,22). The molecule has 0 saturated carbocycles. The maximum absolute atomic E-state index is 4.55. The van der Waals surface area contributed by atoms with Crippen molar-refractivity contribution in [3.05, 3.63) is 71.5 Å². The molecule has 0 bridgehead atoms. The van der Waals surface area contributed by atoms with E-state index in [0.29, 0.717) is 0 Å². The number of rotatable bonds is 3. The fourth-order valence-corrected chi connectivity index (χ4v) is 3.02. The number of benzene rings is 2. The van der Waals surface area contributed by atoms with Gasteiger partial charge in [0.05, 0.1) is 5.69 Å². The Kier molecular flexibility index (Phi) is 3.69. The SMILES string of the molecule is Cc1cc(C)n(-c2nnc(Nc3ccccc3C)c3ccccc23)n1. The Labute approximate surface area is 146 Å². The van der Waals surface area contributed by atoms with Crippen molar-refractivity contribution < 1.29 is 0 Å². The molecule has 0 amide bonds. The predicted molar refractivity (Wildman–Crippen MR) is 101 cm³/mol. The first kappa shape index (κ1) is 15.3. The first-order chi connectivity index (χ1) is 12.1. The van der Waals surface area contributed by atoms with E-state index < -0.39 is 0 Å². The minimum atomic E-state index is 0.746. The van der Waals surface area contributed by atoms with E-state index in [2.05, 4.69) is 45.7 Å². The van der Waals surface area contributed by atoms with Crippen molar-refractivity contribution in [2.45, 2.75) is 20.8 Å². The van der Waals surface area contributed by atoms with Crippen LogP contribution in [0.25, 0.3) is 16.6 Å². The molecule has 0 fully saturated rings. The van der Waals surface area contributed by atoms with Gasteiger partial charge in [-0.1, -0.05) is 42.5 Å². The summed E-state index contributed by atoms with van der Waals surface area (Å²) in [5.74, 6) is 1.49. The highest BCUT2D eigenvalue weighted by Gasteiger charge is 2.13. The molecule has 2 aromatic carbocycles. The number of hydrogen-bond acceptors (Lipinski definition) is 4. The molecule has 1 N–H and O–H groups in total. The lowest BCUT2D eigenvalue weighted by Gasteiger charge is -2.13. The average molecular weight is 329 g/mol. The van der Waals surface area contributed by atoms with Crippen LogP contribution in [0, 0.1) is 20.8 Å². The van der Waals surface area contributed by atoms with Crippen molar-refractivity contribution in [3.8, 4) is 5.82 Å². The zero-order chi connectivity index (χ0) is 17.4. The molecule has 2 heterocycles. The second kappa shape index (κ2) is 6.02. The summed E-state index contributed by atoms with van der Waals surface area (Å²) in [6.07, 6.45) is 0. The maximum atomic E-state index is 4.55. The van der Waals surface area contributed by atoms with E-state index >= 15 is 0 Å². The van der Waals surface area contributed by atoms with Gasteiger partial charge in [0.15, 0.2) is 11.6 Å². The van der Waals surface area contributed by atoms with Crippen LogP contribution >= 0.6 is 0 Å². The minimum absolute atomic E-state index is 0.746. The number of fused-ring (bicyclic) bond motifs is 1. The summed E-state index contributed by atoms with van der Waals surface area (Å²) in [5.41, 5.74) is 4.19. The van der Waals surface area contributed by atoms with E-state index in [-0.39, 0.29) is 0 Å². The molecule has 5 heteroatoms. The molecular weight excluding hydrogens is 310 g/mol. The molecular formula is C20H19N5. The Morgan fingerprint density at radius 3 is 2.28 bits per heavy atom. The van der Waals surface area contributed by atoms with E-state index in [4.69, 9.17) is 0 Å². The fourth-order valence-electron chi connectivity index (χ4n) is 3.02. The lowest BCUT2D eigenvalue weighted by molar-refractivity contribution is 0.792. The number of nitrogens with one attached hydrogen (secondary N) is 1. The molecule has 0 saturated heterocycles. The number of nitrogens with zero attached hydrogens (tertiary/aromatic N) is 4. The van der Waals surface area contributed by atoms with Crippen LogP contribution in [0.5, 0.6) is 0 Å². The first-order valence-corrected chi connectivity index (χ1v) is 8.25. The van der Waals surface area contributed by atoms with Crippen molar-refractivity contribution in [2.24, 2.45) is 0 Å². The van der Waals surface area contributed by atoms with Crippen molar-refractivity contribution in [1.29, 1.82) is 0 Å². The molecule has 0 unspecified atom stereocenters. The highest BCUT2D eigenvalue weighted by molar-refractivity contribution is 5.97. The lowest BCUT2D eigenvalue weighted by Crippen LogP contribution is -2.07. The van der Waals surface area contributed by atoms with Crippen LogP contribution in [0.3, 0.4) is 0 Å². The molecule has 5 nitrogen and oxygen atoms in total. The van der Waals surface area contributed by atoms with Gasteiger partial charge in [-0.15, -0.1) is 10.2 Å². The van der Waals surface area contributed by atoms with Crippen LogP contribution < -0.4 is 5.32 Å². The molecule has 0 spiro atoms. The van der Waals surface area contributed by atoms with Crippen LogP contribution in [0.1, 0.15) is 17.0 Å². The Morgan fingerprint density at radius 2 is 1.56 bits per heavy atom. The zero-order valence-electron chi connectivity index (χ0n) is 14.5. The van der Waals surface area contributed by atoms with Crippen molar-refractivity contribution in [2.75, 3.05) is 5.32 Å². The highest BCUT2D eigenvalue weighted by atomic mass is 15.4. The van der Waals surface area contributed by atoms with Crippen LogP contribution in [0.4, 0.5) is 11.5 Å². The van der Waals surface area contributed by atoms with Crippen LogP contribution in [-0.4, -0.2) is 20.0 Å². The molecule has 0 radical (unpaired) electrons. The Balaban J connectivity index is 1.88. The molecule has 124 valence electrons. The summed E-state index contributed by atoms with van der Waals surface area (Å²) >= 11 is 0. The number of para-hydroxylation sites is 1. The average Bonchev–Trinajstić information content (AvgIpc) is 2.95. The maximum Gasteiger partial charge on any atom is 0.183 e. The topological polar surface area (TPSA) is 55.6 Å². The third-order valence-electron chi connectivity index (χ3n) is 4.28. The van der Waals surface area contributed by atoms with Gasteiger partial charge in [-0.25, -0.2) is 4.68 Å².